The van der Waals surface area contributed by atoms with Gasteiger partial charge in [-0.1, -0.05) is 45.2 Å². The van der Waals surface area contributed by atoms with Gasteiger partial charge in [-0.3, -0.25) is 0 Å². The number of aryl methyl sites for hydroxylation is 1. The SMILES string of the molecule is Cc1ccc(Br)c(C(O)Cc2cc(Cl)cc3c2OCC3)c1. The van der Waals surface area contributed by atoms with E-state index in [0.29, 0.717) is 18.1 Å². The number of benzene rings is 2. The molecule has 1 heterocycles. The highest BCUT2D eigenvalue weighted by Crippen LogP contribution is 2.36. The molecule has 1 aliphatic rings. The maximum absolute atomic E-state index is 10.6. The van der Waals surface area contributed by atoms with Crippen LogP contribution in [0.25, 0.3) is 0 Å². The van der Waals surface area contributed by atoms with Crippen molar-refractivity contribution in [2.45, 2.75) is 25.9 Å². The van der Waals surface area contributed by atoms with Crippen LogP contribution in [0.1, 0.15) is 28.4 Å². The highest BCUT2D eigenvalue weighted by molar-refractivity contribution is 9.10. The Morgan fingerprint density at radius 3 is 2.95 bits per heavy atom. The molecule has 0 saturated carbocycles. The number of aliphatic hydroxyl groups excluding tert-OH is 1. The van der Waals surface area contributed by atoms with E-state index in [1.54, 1.807) is 0 Å². The van der Waals surface area contributed by atoms with Gasteiger partial charge < -0.3 is 9.84 Å². The fraction of sp³-hybridized carbons (Fsp3) is 0.294. The van der Waals surface area contributed by atoms with Crippen molar-refractivity contribution in [2.75, 3.05) is 6.61 Å². The lowest BCUT2D eigenvalue weighted by Gasteiger charge is -2.16. The molecule has 0 aliphatic carbocycles. The van der Waals surface area contributed by atoms with E-state index in [0.717, 1.165) is 38.9 Å². The first kappa shape index (κ1) is 14.9. The molecule has 1 unspecified atom stereocenters. The van der Waals surface area contributed by atoms with Crippen LogP contribution in [0.3, 0.4) is 0 Å². The average molecular weight is 368 g/mol. The topological polar surface area (TPSA) is 29.5 Å². The van der Waals surface area contributed by atoms with Gasteiger partial charge in [0.05, 0.1) is 12.7 Å². The zero-order valence-corrected chi connectivity index (χ0v) is 14.0. The predicted octanol–water partition coefficient (Wildman–Crippen LogP) is 4.62. The second kappa shape index (κ2) is 5.99. The molecule has 0 spiro atoms. The minimum absolute atomic E-state index is 0.491. The van der Waals surface area contributed by atoms with Crippen molar-refractivity contribution in [3.05, 3.63) is 62.1 Å². The third kappa shape index (κ3) is 3.10. The van der Waals surface area contributed by atoms with Crippen LogP contribution in [-0.4, -0.2) is 11.7 Å². The van der Waals surface area contributed by atoms with Crippen molar-refractivity contribution in [3.63, 3.8) is 0 Å². The van der Waals surface area contributed by atoms with Crippen molar-refractivity contribution < 1.29 is 9.84 Å². The Hall–Kier alpha value is -1.03. The summed E-state index contributed by atoms with van der Waals surface area (Å²) in [6, 6.07) is 9.81. The molecule has 0 fully saturated rings. The monoisotopic (exact) mass is 366 g/mol. The van der Waals surface area contributed by atoms with Crippen LogP contribution in [0.5, 0.6) is 5.75 Å². The van der Waals surface area contributed by atoms with Gasteiger partial charge in [-0.05, 0) is 41.8 Å². The van der Waals surface area contributed by atoms with Crippen molar-refractivity contribution in [2.24, 2.45) is 0 Å². The number of halogens is 2. The summed E-state index contributed by atoms with van der Waals surface area (Å²) in [5.74, 6) is 0.891. The molecule has 1 atom stereocenters. The fourth-order valence-corrected chi connectivity index (χ4v) is 3.51. The molecule has 2 aromatic rings. The molecular formula is C17H16BrClO2. The van der Waals surface area contributed by atoms with Crippen LogP contribution >= 0.6 is 27.5 Å². The molecule has 1 N–H and O–H groups in total. The molecule has 0 radical (unpaired) electrons. The van der Waals surface area contributed by atoms with Gasteiger partial charge in [0.25, 0.3) is 0 Å². The smallest absolute Gasteiger partial charge is 0.126 e. The number of fused-ring (bicyclic) bond motifs is 1. The summed E-state index contributed by atoms with van der Waals surface area (Å²) in [7, 11) is 0. The van der Waals surface area contributed by atoms with Crippen LogP contribution in [0, 0.1) is 6.92 Å². The Kier molecular flexibility index (Phi) is 4.25. The Balaban J connectivity index is 1.92. The van der Waals surface area contributed by atoms with Gasteiger partial charge in [-0.15, -0.1) is 0 Å². The van der Waals surface area contributed by atoms with E-state index in [4.69, 9.17) is 16.3 Å². The van der Waals surface area contributed by atoms with Crippen LogP contribution in [0.2, 0.25) is 5.02 Å². The minimum atomic E-state index is -0.592. The third-order valence-corrected chi connectivity index (χ3v) is 4.69. The predicted molar refractivity (Wildman–Crippen MR) is 88.2 cm³/mol. The third-order valence-electron chi connectivity index (χ3n) is 3.75. The number of rotatable bonds is 3. The molecule has 0 amide bonds. The second-order valence-electron chi connectivity index (χ2n) is 5.40. The molecule has 2 nitrogen and oxygen atoms in total. The average Bonchev–Trinajstić information content (AvgIpc) is 2.89. The maximum atomic E-state index is 10.6. The standard InChI is InChI=1S/C17H16BrClO2/c1-10-2-3-15(18)14(6-10)16(20)9-12-8-13(19)7-11-4-5-21-17(11)12/h2-3,6-8,16,20H,4-5,9H2,1H3. The summed E-state index contributed by atoms with van der Waals surface area (Å²) >= 11 is 9.67. The van der Waals surface area contributed by atoms with Gasteiger partial charge in [0, 0.05) is 22.3 Å². The number of ether oxygens (including phenoxy) is 1. The highest BCUT2D eigenvalue weighted by Gasteiger charge is 2.21. The molecule has 2 aromatic carbocycles. The molecule has 3 rings (SSSR count). The molecule has 0 bridgehead atoms. The second-order valence-corrected chi connectivity index (χ2v) is 6.69. The summed E-state index contributed by atoms with van der Waals surface area (Å²) in [5, 5.41) is 11.3. The highest BCUT2D eigenvalue weighted by atomic mass is 79.9. The van der Waals surface area contributed by atoms with Gasteiger partial charge in [0.15, 0.2) is 0 Å². The number of hydrogen-bond donors (Lipinski definition) is 1. The molecule has 0 aromatic heterocycles. The summed E-state index contributed by atoms with van der Waals surface area (Å²) in [4.78, 5) is 0. The lowest BCUT2D eigenvalue weighted by Crippen LogP contribution is -2.04. The van der Waals surface area contributed by atoms with E-state index in [-0.39, 0.29) is 0 Å². The maximum Gasteiger partial charge on any atom is 0.126 e. The van der Waals surface area contributed by atoms with Gasteiger partial charge in [0.2, 0.25) is 0 Å². The zero-order chi connectivity index (χ0) is 15.0. The Bertz CT molecular complexity index is 685. The fourth-order valence-electron chi connectivity index (χ4n) is 2.73. The lowest BCUT2D eigenvalue weighted by atomic mass is 9.98. The molecule has 1 aliphatic heterocycles. The molecule has 4 heteroatoms. The largest absolute Gasteiger partial charge is 0.493 e. The van der Waals surface area contributed by atoms with E-state index in [9.17, 15) is 5.11 Å². The summed E-state index contributed by atoms with van der Waals surface area (Å²) in [6.07, 6.45) is 0.781. The van der Waals surface area contributed by atoms with E-state index in [1.165, 1.54) is 0 Å². The van der Waals surface area contributed by atoms with Gasteiger partial charge >= 0.3 is 0 Å². The molecule has 110 valence electrons. The van der Waals surface area contributed by atoms with Gasteiger partial charge in [-0.2, -0.15) is 0 Å². The summed E-state index contributed by atoms with van der Waals surface area (Å²) < 4.78 is 6.61. The first-order chi connectivity index (χ1) is 10.0. The van der Waals surface area contributed by atoms with Crippen LogP contribution < -0.4 is 4.74 Å². The zero-order valence-electron chi connectivity index (χ0n) is 11.7. The van der Waals surface area contributed by atoms with E-state index < -0.39 is 6.10 Å². The quantitative estimate of drug-likeness (QED) is 0.857. The number of aliphatic hydroxyl groups is 1. The summed E-state index contributed by atoms with van der Waals surface area (Å²) in [5.41, 5.74) is 4.12. The normalized spacial score (nSPS) is 14.7. The molecule has 21 heavy (non-hydrogen) atoms. The van der Waals surface area contributed by atoms with Crippen LogP contribution in [0.15, 0.2) is 34.8 Å². The van der Waals surface area contributed by atoms with E-state index in [2.05, 4.69) is 15.9 Å². The number of hydrogen-bond acceptors (Lipinski definition) is 2. The van der Waals surface area contributed by atoms with Crippen LogP contribution in [-0.2, 0) is 12.8 Å². The van der Waals surface area contributed by atoms with Crippen molar-refractivity contribution in [1.82, 2.24) is 0 Å². The van der Waals surface area contributed by atoms with Crippen molar-refractivity contribution in [3.8, 4) is 5.75 Å². The summed E-state index contributed by atoms with van der Waals surface area (Å²) in [6.45, 7) is 2.70. The molecule has 0 saturated heterocycles. The Morgan fingerprint density at radius 2 is 2.14 bits per heavy atom. The van der Waals surface area contributed by atoms with E-state index in [1.807, 2.05) is 37.3 Å². The Morgan fingerprint density at radius 1 is 1.33 bits per heavy atom. The van der Waals surface area contributed by atoms with Gasteiger partial charge in [0.1, 0.15) is 5.75 Å². The lowest BCUT2D eigenvalue weighted by molar-refractivity contribution is 0.176. The Labute approximate surface area is 137 Å². The van der Waals surface area contributed by atoms with Crippen LogP contribution in [0.4, 0.5) is 0 Å². The molecular weight excluding hydrogens is 352 g/mol. The first-order valence-corrected chi connectivity index (χ1v) is 8.10. The minimum Gasteiger partial charge on any atom is -0.493 e. The van der Waals surface area contributed by atoms with Gasteiger partial charge in [-0.25, -0.2) is 0 Å². The van der Waals surface area contributed by atoms with Crippen molar-refractivity contribution in [1.29, 1.82) is 0 Å². The van der Waals surface area contributed by atoms with E-state index >= 15 is 0 Å². The first-order valence-electron chi connectivity index (χ1n) is 6.93. The van der Waals surface area contributed by atoms with Crippen molar-refractivity contribution >= 4 is 27.5 Å².